The van der Waals surface area contributed by atoms with Crippen LogP contribution >= 0.6 is 24.8 Å². The maximum absolute atomic E-state index is 9.06. The van der Waals surface area contributed by atoms with Crippen LogP contribution in [0.15, 0.2) is 18.2 Å². The highest BCUT2D eigenvalue weighted by atomic mass is 35.5. The van der Waals surface area contributed by atoms with E-state index in [2.05, 4.69) is 26.8 Å². The zero-order valence-corrected chi connectivity index (χ0v) is 18.1. The van der Waals surface area contributed by atoms with E-state index in [1.54, 1.807) is 0 Å². The van der Waals surface area contributed by atoms with Crippen molar-refractivity contribution >= 4 is 24.8 Å². The molecular formula is C20H33Cl2N3O3. The molecule has 1 unspecified atom stereocenters. The maximum Gasteiger partial charge on any atom is 0.231 e. The Hall–Kier alpha value is -0.760. The fraction of sp³-hybridized carbons (Fsp3) is 0.700. The first kappa shape index (κ1) is 23.5. The molecule has 2 saturated heterocycles. The van der Waals surface area contributed by atoms with Crippen LogP contribution in [-0.2, 0) is 6.54 Å². The molecule has 0 bridgehead atoms. The number of rotatable bonds is 6. The summed E-state index contributed by atoms with van der Waals surface area (Å²) >= 11 is 0. The van der Waals surface area contributed by atoms with Gasteiger partial charge in [-0.05, 0) is 43.5 Å². The van der Waals surface area contributed by atoms with Gasteiger partial charge in [-0.15, -0.1) is 24.8 Å². The van der Waals surface area contributed by atoms with Crippen molar-refractivity contribution in [1.29, 1.82) is 0 Å². The van der Waals surface area contributed by atoms with E-state index in [0.29, 0.717) is 19.4 Å². The molecule has 28 heavy (non-hydrogen) atoms. The van der Waals surface area contributed by atoms with Crippen molar-refractivity contribution in [1.82, 2.24) is 14.7 Å². The van der Waals surface area contributed by atoms with Crippen LogP contribution in [0.1, 0.15) is 24.8 Å². The van der Waals surface area contributed by atoms with Crippen molar-refractivity contribution in [3.63, 3.8) is 0 Å². The summed E-state index contributed by atoms with van der Waals surface area (Å²) in [6.07, 6.45) is 3.50. The molecule has 3 aliphatic rings. The summed E-state index contributed by atoms with van der Waals surface area (Å²) in [5.41, 5.74) is 1.30. The van der Waals surface area contributed by atoms with Gasteiger partial charge in [-0.2, -0.15) is 0 Å². The number of fused-ring (bicyclic) bond motifs is 1. The Labute approximate surface area is 180 Å². The van der Waals surface area contributed by atoms with E-state index < -0.39 is 0 Å². The first-order chi connectivity index (χ1) is 12.8. The molecule has 4 rings (SSSR count). The molecule has 6 nitrogen and oxygen atoms in total. The second kappa shape index (κ2) is 11.4. The van der Waals surface area contributed by atoms with E-state index >= 15 is 0 Å². The number of hydrogen-bond acceptors (Lipinski definition) is 6. The Morgan fingerprint density at radius 1 is 0.964 bits per heavy atom. The zero-order valence-electron chi connectivity index (χ0n) is 16.4. The van der Waals surface area contributed by atoms with Gasteiger partial charge in [-0.3, -0.25) is 9.80 Å². The molecule has 3 heterocycles. The number of ether oxygens (including phenoxy) is 2. The smallest absolute Gasteiger partial charge is 0.231 e. The zero-order chi connectivity index (χ0) is 17.8. The van der Waals surface area contributed by atoms with Crippen LogP contribution in [0.25, 0.3) is 0 Å². The molecule has 0 aliphatic carbocycles. The number of piperidine rings is 1. The van der Waals surface area contributed by atoms with Crippen molar-refractivity contribution in [2.45, 2.75) is 31.8 Å². The standard InChI is InChI=1S/C20H31N3O3.2ClH/c24-12-2-7-21-6-1-3-18(15-21)23-10-8-22(9-11-23)14-17-4-5-19-20(13-17)26-16-25-19;;/h4-5,13,18,24H,1-3,6-12,14-16H2;2*1H. The molecule has 1 aromatic rings. The Kier molecular flexibility index (Phi) is 9.60. The van der Waals surface area contributed by atoms with Crippen LogP contribution < -0.4 is 9.47 Å². The highest BCUT2D eigenvalue weighted by molar-refractivity contribution is 5.85. The van der Waals surface area contributed by atoms with Gasteiger partial charge in [0.15, 0.2) is 11.5 Å². The van der Waals surface area contributed by atoms with Crippen LogP contribution in [0, 0.1) is 0 Å². The second-order valence-electron chi connectivity index (χ2n) is 7.67. The van der Waals surface area contributed by atoms with Gasteiger partial charge in [-0.1, -0.05) is 6.07 Å². The molecular weight excluding hydrogens is 401 g/mol. The average molecular weight is 434 g/mol. The molecule has 2 fully saturated rings. The van der Waals surface area contributed by atoms with Gasteiger partial charge in [0.25, 0.3) is 0 Å². The Morgan fingerprint density at radius 3 is 2.54 bits per heavy atom. The minimum absolute atomic E-state index is 0. The summed E-state index contributed by atoms with van der Waals surface area (Å²) in [5.74, 6) is 1.74. The summed E-state index contributed by atoms with van der Waals surface area (Å²) in [6, 6.07) is 6.99. The van der Waals surface area contributed by atoms with Crippen molar-refractivity contribution in [2.24, 2.45) is 0 Å². The number of hydrogen-bond donors (Lipinski definition) is 1. The lowest BCUT2D eigenvalue weighted by Crippen LogP contribution is -2.54. The van der Waals surface area contributed by atoms with Gasteiger partial charge >= 0.3 is 0 Å². The predicted molar refractivity (Wildman–Crippen MR) is 115 cm³/mol. The van der Waals surface area contributed by atoms with Crippen LogP contribution in [0.3, 0.4) is 0 Å². The molecule has 1 N–H and O–H groups in total. The van der Waals surface area contributed by atoms with Gasteiger partial charge in [0.05, 0.1) is 0 Å². The normalized spacial score (nSPS) is 23.1. The van der Waals surface area contributed by atoms with Gasteiger partial charge in [0.2, 0.25) is 6.79 Å². The van der Waals surface area contributed by atoms with Crippen molar-refractivity contribution in [3.05, 3.63) is 23.8 Å². The van der Waals surface area contributed by atoms with Gasteiger partial charge in [0.1, 0.15) is 0 Å². The number of aliphatic hydroxyl groups excluding tert-OH is 1. The fourth-order valence-electron chi connectivity index (χ4n) is 4.41. The number of aliphatic hydroxyl groups is 1. The Bertz CT molecular complexity index is 600. The number of piperazine rings is 1. The van der Waals surface area contributed by atoms with Gasteiger partial charge < -0.3 is 19.5 Å². The van der Waals surface area contributed by atoms with Crippen molar-refractivity contribution in [2.75, 3.05) is 59.2 Å². The predicted octanol–water partition coefficient (Wildman–Crippen LogP) is 2.22. The third-order valence-electron chi connectivity index (χ3n) is 5.88. The maximum atomic E-state index is 9.06. The van der Waals surface area contributed by atoms with Crippen LogP contribution in [0.2, 0.25) is 0 Å². The van der Waals surface area contributed by atoms with E-state index in [0.717, 1.165) is 57.2 Å². The topological polar surface area (TPSA) is 48.4 Å². The number of nitrogens with zero attached hydrogens (tertiary/aromatic N) is 3. The highest BCUT2D eigenvalue weighted by Gasteiger charge is 2.28. The number of likely N-dealkylation sites (tertiary alicyclic amines) is 1. The summed E-state index contributed by atoms with van der Waals surface area (Å²) in [5, 5.41) is 9.06. The summed E-state index contributed by atoms with van der Waals surface area (Å²) in [6.45, 7) is 9.60. The van der Waals surface area contributed by atoms with Crippen LogP contribution in [0.5, 0.6) is 11.5 Å². The SMILES string of the molecule is Cl.Cl.OCCCN1CCCC(N2CCN(Cc3ccc4c(c3)OCO4)CC2)C1. The average Bonchev–Trinajstić information content (AvgIpc) is 3.15. The van der Waals surface area contributed by atoms with E-state index in [4.69, 9.17) is 14.6 Å². The molecule has 1 aromatic carbocycles. The minimum atomic E-state index is 0. The second-order valence-corrected chi connectivity index (χ2v) is 7.67. The lowest BCUT2D eigenvalue weighted by molar-refractivity contribution is 0.0482. The van der Waals surface area contributed by atoms with Crippen LogP contribution in [0.4, 0.5) is 0 Å². The molecule has 8 heteroatoms. The van der Waals surface area contributed by atoms with E-state index in [9.17, 15) is 0 Å². The monoisotopic (exact) mass is 433 g/mol. The first-order valence-electron chi connectivity index (χ1n) is 10.00. The third-order valence-corrected chi connectivity index (χ3v) is 5.88. The van der Waals surface area contributed by atoms with Crippen molar-refractivity contribution < 1.29 is 14.6 Å². The molecule has 0 radical (unpaired) electrons. The van der Waals surface area contributed by atoms with Gasteiger partial charge in [0, 0.05) is 58.5 Å². The Morgan fingerprint density at radius 2 is 1.75 bits per heavy atom. The highest BCUT2D eigenvalue weighted by Crippen LogP contribution is 2.33. The summed E-state index contributed by atoms with van der Waals surface area (Å²) in [7, 11) is 0. The van der Waals surface area contributed by atoms with Crippen molar-refractivity contribution in [3.8, 4) is 11.5 Å². The minimum Gasteiger partial charge on any atom is -0.454 e. The quantitative estimate of drug-likeness (QED) is 0.741. The van der Waals surface area contributed by atoms with E-state index in [1.807, 2.05) is 6.07 Å². The lowest BCUT2D eigenvalue weighted by Gasteiger charge is -2.43. The number of halogens is 2. The Balaban J connectivity index is 0.00000140. The molecule has 0 amide bonds. The molecule has 0 saturated carbocycles. The molecule has 1 atom stereocenters. The van der Waals surface area contributed by atoms with Gasteiger partial charge in [-0.25, -0.2) is 0 Å². The van der Waals surface area contributed by atoms with E-state index in [-0.39, 0.29) is 24.8 Å². The summed E-state index contributed by atoms with van der Waals surface area (Å²) in [4.78, 5) is 7.75. The summed E-state index contributed by atoms with van der Waals surface area (Å²) < 4.78 is 10.9. The fourth-order valence-corrected chi connectivity index (χ4v) is 4.41. The lowest BCUT2D eigenvalue weighted by atomic mass is 10.0. The molecule has 3 aliphatic heterocycles. The largest absolute Gasteiger partial charge is 0.454 e. The molecule has 0 spiro atoms. The third kappa shape index (κ3) is 5.88. The molecule has 160 valence electrons. The van der Waals surface area contributed by atoms with E-state index in [1.165, 1.54) is 31.5 Å². The number of benzene rings is 1. The van der Waals surface area contributed by atoms with Crippen LogP contribution in [-0.4, -0.2) is 85.1 Å². The molecule has 0 aromatic heterocycles. The first-order valence-corrected chi connectivity index (χ1v) is 10.00.